The SMILES string of the molecule is Cc1ccoc1C(=O)CC1CCCc2ccccc21. The monoisotopic (exact) mass is 254 g/mol. The van der Waals surface area contributed by atoms with Crippen molar-refractivity contribution in [2.45, 2.75) is 38.5 Å². The molecule has 0 fully saturated rings. The summed E-state index contributed by atoms with van der Waals surface area (Å²) in [5.41, 5.74) is 3.70. The van der Waals surface area contributed by atoms with Crippen molar-refractivity contribution in [3.05, 3.63) is 59.0 Å². The first kappa shape index (κ1) is 12.2. The summed E-state index contributed by atoms with van der Waals surface area (Å²) in [6.45, 7) is 1.92. The number of carbonyl (C=O) groups excluding carboxylic acids is 1. The Hall–Kier alpha value is -1.83. The Bertz CT molecular complexity index is 595. The zero-order valence-corrected chi connectivity index (χ0v) is 11.2. The van der Waals surface area contributed by atoms with Crippen LogP contribution < -0.4 is 0 Å². The molecule has 0 aliphatic heterocycles. The second kappa shape index (κ2) is 5.04. The molecule has 2 nitrogen and oxygen atoms in total. The van der Waals surface area contributed by atoms with E-state index < -0.39 is 0 Å². The van der Waals surface area contributed by atoms with Gasteiger partial charge in [0.15, 0.2) is 11.5 Å². The summed E-state index contributed by atoms with van der Waals surface area (Å²) in [5, 5.41) is 0. The molecule has 1 atom stereocenters. The first-order valence-corrected chi connectivity index (χ1v) is 6.91. The fraction of sp³-hybridized carbons (Fsp3) is 0.353. The van der Waals surface area contributed by atoms with E-state index in [0.29, 0.717) is 18.1 Å². The summed E-state index contributed by atoms with van der Waals surface area (Å²) < 4.78 is 5.31. The van der Waals surface area contributed by atoms with E-state index in [4.69, 9.17) is 4.42 Å². The van der Waals surface area contributed by atoms with Crippen LogP contribution in [0.5, 0.6) is 0 Å². The van der Waals surface area contributed by atoms with Gasteiger partial charge in [-0.2, -0.15) is 0 Å². The van der Waals surface area contributed by atoms with Crippen LogP contribution >= 0.6 is 0 Å². The van der Waals surface area contributed by atoms with Crippen molar-refractivity contribution in [2.24, 2.45) is 0 Å². The Morgan fingerprint density at radius 3 is 2.95 bits per heavy atom. The summed E-state index contributed by atoms with van der Waals surface area (Å²) in [6, 6.07) is 10.4. The number of furan rings is 1. The fourth-order valence-corrected chi connectivity index (χ4v) is 3.04. The van der Waals surface area contributed by atoms with Gasteiger partial charge in [0.1, 0.15) is 0 Å². The summed E-state index contributed by atoms with van der Waals surface area (Å²) >= 11 is 0. The van der Waals surface area contributed by atoms with Crippen molar-refractivity contribution in [2.75, 3.05) is 0 Å². The molecule has 0 radical (unpaired) electrons. The molecular weight excluding hydrogens is 236 g/mol. The van der Waals surface area contributed by atoms with E-state index in [2.05, 4.69) is 24.3 Å². The van der Waals surface area contributed by atoms with Gasteiger partial charge in [-0.25, -0.2) is 0 Å². The third-order valence-corrected chi connectivity index (χ3v) is 4.04. The maximum atomic E-state index is 12.3. The smallest absolute Gasteiger partial charge is 0.198 e. The van der Waals surface area contributed by atoms with Crippen molar-refractivity contribution in [1.82, 2.24) is 0 Å². The normalized spacial score (nSPS) is 18.1. The second-order valence-corrected chi connectivity index (χ2v) is 5.35. The third kappa shape index (κ3) is 2.35. The first-order chi connectivity index (χ1) is 9.25. The second-order valence-electron chi connectivity index (χ2n) is 5.35. The minimum atomic E-state index is 0.129. The van der Waals surface area contributed by atoms with Crippen LogP contribution in [-0.4, -0.2) is 5.78 Å². The van der Waals surface area contributed by atoms with Gasteiger partial charge in [0.05, 0.1) is 6.26 Å². The fourth-order valence-electron chi connectivity index (χ4n) is 3.04. The molecule has 1 aliphatic carbocycles. The minimum absolute atomic E-state index is 0.129. The van der Waals surface area contributed by atoms with E-state index in [0.717, 1.165) is 18.4 Å². The molecule has 3 rings (SSSR count). The van der Waals surface area contributed by atoms with Crippen molar-refractivity contribution >= 4 is 5.78 Å². The maximum absolute atomic E-state index is 12.3. The van der Waals surface area contributed by atoms with Gasteiger partial charge in [0.25, 0.3) is 0 Å². The number of carbonyl (C=O) groups is 1. The third-order valence-electron chi connectivity index (χ3n) is 4.04. The number of ketones is 1. The van der Waals surface area contributed by atoms with Crippen LogP contribution in [0.1, 0.15) is 52.4 Å². The highest BCUT2D eigenvalue weighted by Gasteiger charge is 2.24. The molecule has 0 N–H and O–H groups in total. The van der Waals surface area contributed by atoms with Gasteiger partial charge in [0, 0.05) is 6.42 Å². The zero-order chi connectivity index (χ0) is 13.2. The van der Waals surface area contributed by atoms with E-state index in [1.54, 1.807) is 6.26 Å². The molecule has 2 heteroatoms. The van der Waals surface area contributed by atoms with Crippen molar-refractivity contribution < 1.29 is 9.21 Å². The Morgan fingerprint density at radius 2 is 2.16 bits per heavy atom. The van der Waals surface area contributed by atoms with E-state index in [-0.39, 0.29) is 5.78 Å². The van der Waals surface area contributed by atoms with Crippen LogP contribution in [0.15, 0.2) is 41.0 Å². The lowest BCUT2D eigenvalue weighted by Gasteiger charge is -2.24. The molecule has 19 heavy (non-hydrogen) atoms. The lowest BCUT2D eigenvalue weighted by Crippen LogP contribution is -2.14. The van der Waals surface area contributed by atoms with Crippen molar-refractivity contribution in [3.63, 3.8) is 0 Å². The van der Waals surface area contributed by atoms with Crippen LogP contribution in [0.2, 0.25) is 0 Å². The van der Waals surface area contributed by atoms with Gasteiger partial charge < -0.3 is 4.42 Å². The van der Waals surface area contributed by atoms with Gasteiger partial charge >= 0.3 is 0 Å². The van der Waals surface area contributed by atoms with Crippen LogP contribution in [-0.2, 0) is 6.42 Å². The maximum Gasteiger partial charge on any atom is 0.198 e. The largest absolute Gasteiger partial charge is 0.461 e. The quantitative estimate of drug-likeness (QED) is 0.765. The molecule has 98 valence electrons. The van der Waals surface area contributed by atoms with Crippen LogP contribution in [0.4, 0.5) is 0 Å². The summed E-state index contributed by atoms with van der Waals surface area (Å²) in [7, 11) is 0. The Morgan fingerprint density at radius 1 is 1.32 bits per heavy atom. The van der Waals surface area contributed by atoms with Gasteiger partial charge in [-0.3, -0.25) is 4.79 Å². The molecule has 1 aliphatic rings. The highest BCUT2D eigenvalue weighted by atomic mass is 16.3. The van der Waals surface area contributed by atoms with Gasteiger partial charge in [-0.05, 0) is 54.9 Å². The number of rotatable bonds is 3. The predicted octanol–water partition coefficient (Wildman–Crippen LogP) is 4.28. The Balaban J connectivity index is 1.82. The van der Waals surface area contributed by atoms with E-state index in [1.807, 2.05) is 13.0 Å². The molecule has 1 aromatic carbocycles. The minimum Gasteiger partial charge on any atom is -0.461 e. The zero-order valence-electron chi connectivity index (χ0n) is 11.2. The predicted molar refractivity (Wildman–Crippen MR) is 74.5 cm³/mol. The molecule has 1 unspecified atom stereocenters. The Labute approximate surface area is 113 Å². The highest BCUT2D eigenvalue weighted by molar-refractivity contribution is 5.95. The first-order valence-electron chi connectivity index (χ1n) is 6.91. The number of aryl methyl sites for hydroxylation is 2. The molecule has 0 amide bonds. The Kier molecular flexibility index (Phi) is 3.24. The molecular formula is C17H18O2. The van der Waals surface area contributed by atoms with Gasteiger partial charge in [0.2, 0.25) is 0 Å². The molecule has 0 spiro atoms. The number of hydrogen-bond acceptors (Lipinski definition) is 2. The van der Waals surface area contributed by atoms with Gasteiger partial charge in [-0.15, -0.1) is 0 Å². The average molecular weight is 254 g/mol. The van der Waals surface area contributed by atoms with Gasteiger partial charge in [-0.1, -0.05) is 24.3 Å². The average Bonchev–Trinajstić information content (AvgIpc) is 2.85. The lowest BCUT2D eigenvalue weighted by molar-refractivity contribution is 0.0943. The van der Waals surface area contributed by atoms with E-state index in [1.165, 1.54) is 17.5 Å². The highest BCUT2D eigenvalue weighted by Crippen LogP contribution is 2.34. The molecule has 0 saturated carbocycles. The molecule has 1 heterocycles. The summed E-state index contributed by atoms with van der Waals surface area (Å²) in [6.07, 6.45) is 5.57. The topological polar surface area (TPSA) is 30.2 Å². The summed E-state index contributed by atoms with van der Waals surface area (Å²) in [4.78, 5) is 12.3. The van der Waals surface area contributed by atoms with E-state index in [9.17, 15) is 4.79 Å². The van der Waals surface area contributed by atoms with Crippen molar-refractivity contribution in [1.29, 1.82) is 0 Å². The summed E-state index contributed by atoms with van der Waals surface area (Å²) in [5.74, 6) is 1.01. The van der Waals surface area contributed by atoms with E-state index >= 15 is 0 Å². The number of Topliss-reactive ketones (excluding diaryl/α,β-unsaturated/α-hetero) is 1. The molecule has 2 aromatic rings. The molecule has 1 aromatic heterocycles. The van der Waals surface area contributed by atoms with Crippen LogP contribution in [0.3, 0.4) is 0 Å². The molecule has 0 bridgehead atoms. The lowest BCUT2D eigenvalue weighted by atomic mass is 9.80. The van der Waals surface area contributed by atoms with Crippen molar-refractivity contribution in [3.8, 4) is 0 Å². The standard InChI is InChI=1S/C17H18O2/c1-12-9-10-19-17(12)16(18)11-14-7-4-6-13-5-2-3-8-15(13)14/h2-3,5,8-10,14H,4,6-7,11H2,1H3. The van der Waals surface area contributed by atoms with Crippen LogP contribution in [0.25, 0.3) is 0 Å². The molecule has 0 saturated heterocycles. The number of hydrogen-bond donors (Lipinski definition) is 0. The van der Waals surface area contributed by atoms with Crippen LogP contribution in [0, 0.1) is 6.92 Å². The number of benzene rings is 1. The number of fused-ring (bicyclic) bond motifs is 1.